The van der Waals surface area contributed by atoms with Crippen molar-refractivity contribution in [2.24, 2.45) is 11.8 Å². The SMILES string of the molecule is CC(C)C1N(C)c2ccc(NC(=O)c3ccc(=O)n(-c4c(F)cccc4F)n3)c(N3CCC(C(F)(F)F)C3)c2N1C. The minimum Gasteiger partial charge on any atom is -0.367 e. The van der Waals surface area contributed by atoms with E-state index in [1.807, 2.05) is 37.7 Å². The van der Waals surface area contributed by atoms with E-state index in [1.165, 1.54) is 0 Å². The normalized spacial score (nSPS) is 18.8. The maximum Gasteiger partial charge on any atom is 0.393 e. The largest absolute Gasteiger partial charge is 0.393 e. The van der Waals surface area contributed by atoms with Crippen LogP contribution in [0.3, 0.4) is 0 Å². The topological polar surface area (TPSA) is 73.7 Å². The molecule has 2 atom stereocenters. The number of aromatic nitrogens is 2. The predicted molar refractivity (Wildman–Crippen MR) is 146 cm³/mol. The van der Waals surface area contributed by atoms with Gasteiger partial charge in [0.15, 0.2) is 11.6 Å². The van der Waals surface area contributed by atoms with Crippen LogP contribution in [0.25, 0.3) is 5.69 Å². The van der Waals surface area contributed by atoms with Crippen LogP contribution in [0.4, 0.5) is 44.7 Å². The summed E-state index contributed by atoms with van der Waals surface area (Å²) in [4.78, 5) is 31.5. The van der Waals surface area contributed by atoms with Crippen LogP contribution < -0.4 is 25.6 Å². The summed E-state index contributed by atoms with van der Waals surface area (Å²) in [6.07, 6.45) is -4.52. The van der Waals surface area contributed by atoms with Gasteiger partial charge in [-0.3, -0.25) is 9.59 Å². The van der Waals surface area contributed by atoms with Gasteiger partial charge >= 0.3 is 6.18 Å². The Kier molecular flexibility index (Phi) is 7.16. The number of rotatable bonds is 5. The zero-order chi connectivity index (χ0) is 29.8. The zero-order valence-electron chi connectivity index (χ0n) is 22.8. The molecule has 1 amide bonds. The summed E-state index contributed by atoms with van der Waals surface area (Å²) >= 11 is 0. The van der Waals surface area contributed by atoms with Crippen LogP contribution in [0, 0.1) is 23.5 Å². The molecule has 2 aliphatic heterocycles. The molecule has 0 spiro atoms. The van der Waals surface area contributed by atoms with Crippen LogP contribution in [-0.2, 0) is 0 Å². The van der Waals surface area contributed by atoms with Crippen LogP contribution >= 0.6 is 0 Å². The van der Waals surface area contributed by atoms with Gasteiger partial charge in [-0.25, -0.2) is 8.78 Å². The monoisotopic (exact) mass is 576 g/mol. The third-order valence-corrected chi connectivity index (χ3v) is 7.65. The molecule has 2 aliphatic rings. The molecule has 1 fully saturated rings. The lowest BCUT2D eigenvalue weighted by Gasteiger charge is -2.32. The Morgan fingerprint density at radius 2 is 1.66 bits per heavy atom. The summed E-state index contributed by atoms with van der Waals surface area (Å²) in [5.74, 6) is -4.24. The Bertz CT molecular complexity index is 1540. The van der Waals surface area contributed by atoms with Crippen LogP contribution in [-0.4, -0.2) is 55.2 Å². The van der Waals surface area contributed by atoms with Crippen molar-refractivity contribution in [3.8, 4) is 5.69 Å². The molecule has 41 heavy (non-hydrogen) atoms. The number of hydrogen-bond acceptors (Lipinski definition) is 6. The Morgan fingerprint density at radius 1 is 0.976 bits per heavy atom. The second-order valence-corrected chi connectivity index (χ2v) is 10.7. The highest BCUT2D eigenvalue weighted by Gasteiger charge is 2.46. The first-order valence-corrected chi connectivity index (χ1v) is 13.1. The molecule has 3 aromatic rings. The highest BCUT2D eigenvalue weighted by molar-refractivity contribution is 6.07. The molecule has 2 aromatic carbocycles. The van der Waals surface area contributed by atoms with E-state index in [9.17, 15) is 31.5 Å². The average Bonchev–Trinajstić information content (AvgIpc) is 3.48. The summed E-state index contributed by atoms with van der Waals surface area (Å²) < 4.78 is 70.1. The molecule has 1 N–H and O–H groups in total. The van der Waals surface area contributed by atoms with E-state index in [0.717, 1.165) is 36.0 Å². The lowest BCUT2D eigenvalue weighted by molar-refractivity contribution is -0.168. The smallest absolute Gasteiger partial charge is 0.367 e. The third-order valence-electron chi connectivity index (χ3n) is 7.65. The molecule has 0 aliphatic carbocycles. The minimum atomic E-state index is -4.36. The molecule has 13 heteroatoms. The number of alkyl halides is 3. The summed E-state index contributed by atoms with van der Waals surface area (Å²) in [6, 6.07) is 8.52. The number of para-hydroxylation sites is 1. The van der Waals surface area contributed by atoms with Gasteiger partial charge in [-0.1, -0.05) is 19.9 Å². The molecular formula is C28H29F5N6O2. The van der Waals surface area contributed by atoms with Gasteiger partial charge in [0.1, 0.15) is 17.5 Å². The van der Waals surface area contributed by atoms with E-state index in [2.05, 4.69) is 10.4 Å². The van der Waals surface area contributed by atoms with E-state index >= 15 is 0 Å². The number of halogens is 5. The van der Waals surface area contributed by atoms with E-state index < -0.39 is 40.9 Å². The fourth-order valence-corrected chi connectivity index (χ4v) is 5.85. The third kappa shape index (κ3) is 4.97. The number of nitrogens with one attached hydrogen (secondary N) is 1. The van der Waals surface area contributed by atoms with E-state index in [1.54, 1.807) is 17.0 Å². The molecule has 0 saturated carbocycles. The molecule has 3 heterocycles. The Labute approximate surface area is 233 Å². The highest BCUT2D eigenvalue weighted by atomic mass is 19.4. The maximum absolute atomic E-state index is 14.4. The molecule has 1 aromatic heterocycles. The number of anilines is 4. The van der Waals surface area contributed by atoms with Gasteiger partial charge in [0.25, 0.3) is 11.5 Å². The molecule has 5 rings (SSSR count). The molecule has 1 saturated heterocycles. The molecule has 8 nitrogen and oxygen atoms in total. The average molecular weight is 577 g/mol. The maximum atomic E-state index is 14.4. The molecular weight excluding hydrogens is 547 g/mol. The van der Waals surface area contributed by atoms with Crippen molar-refractivity contribution in [2.45, 2.75) is 32.6 Å². The van der Waals surface area contributed by atoms with Gasteiger partial charge in [0, 0.05) is 33.3 Å². The molecule has 0 bridgehead atoms. The highest BCUT2D eigenvalue weighted by Crippen LogP contribution is 2.51. The van der Waals surface area contributed by atoms with Crippen LogP contribution in [0.2, 0.25) is 0 Å². The van der Waals surface area contributed by atoms with Crippen LogP contribution in [0.5, 0.6) is 0 Å². The molecule has 218 valence electrons. The van der Waals surface area contributed by atoms with Crippen LogP contribution in [0.1, 0.15) is 30.8 Å². The number of nitrogens with zero attached hydrogens (tertiary/aromatic N) is 5. The van der Waals surface area contributed by atoms with Gasteiger partial charge in [0.05, 0.1) is 28.7 Å². The van der Waals surface area contributed by atoms with E-state index in [0.29, 0.717) is 16.1 Å². The first kappa shape index (κ1) is 28.4. The number of amides is 1. The number of carbonyl (C=O) groups is 1. The van der Waals surface area contributed by atoms with E-state index in [4.69, 9.17) is 0 Å². The van der Waals surface area contributed by atoms with E-state index in [-0.39, 0.29) is 43.0 Å². The lowest BCUT2D eigenvalue weighted by Crippen LogP contribution is -2.43. The number of carbonyl (C=O) groups excluding carboxylic acids is 1. The van der Waals surface area contributed by atoms with Crippen molar-refractivity contribution in [1.29, 1.82) is 0 Å². The van der Waals surface area contributed by atoms with Crippen molar-refractivity contribution >= 4 is 28.7 Å². The van der Waals surface area contributed by atoms with Gasteiger partial charge in [-0.15, -0.1) is 0 Å². The Morgan fingerprint density at radius 3 is 2.27 bits per heavy atom. The number of fused-ring (bicyclic) bond motifs is 1. The standard InChI is InChI=1S/C28H29F5N6O2/c1-15(2)27-36(3)21-10-8-19(24(25(21)37(27)4)38-13-12-16(14-38)28(31,32)33)34-26(41)20-9-11-22(40)39(35-20)23-17(29)6-5-7-18(23)30/h5-11,15-16,27H,12-14H2,1-4H3,(H,34,41). The van der Waals surface area contributed by atoms with Gasteiger partial charge < -0.3 is 20.0 Å². The second-order valence-electron chi connectivity index (χ2n) is 10.7. The molecule has 2 unspecified atom stereocenters. The lowest BCUT2D eigenvalue weighted by atomic mass is 10.1. The van der Waals surface area contributed by atoms with Crippen molar-refractivity contribution in [1.82, 2.24) is 9.78 Å². The van der Waals surface area contributed by atoms with Crippen molar-refractivity contribution in [2.75, 3.05) is 47.2 Å². The Hall–Kier alpha value is -4.16. The van der Waals surface area contributed by atoms with Crippen molar-refractivity contribution in [3.05, 3.63) is 70.1 Å². The first-order chi connectivity index (χ1) is 19.3. The second kappa shape index (κ2) is 10.3. The zero-order valence-corrected chi connectivity index (χ0v) is 22.8. The summed E-state index contributed by atoms with van der Waals surface area (Å²) in [5.41, 5.74) is 0.258. The van der Waals surface area contributed by atoms with Gasteiger partial charge in [0.2, 0.25) is 0 Å². The summed E-state index contributed by atoms with van der Waals surface area (Å²) in [7, 11) is 3.77. The van der Waals surface area contributed by atoms with Crippen molar-refractivity contribution in [3.63, 3.8) is 0 Å². The Balaban J connectivity index is 1.56. The fraction of sp³-hybridized carbons (Fsp3) is 0.393. The fourth-order valence-electron chi connectivity index (χ4n) is 5.85. The number of hydrogen-bond donors (Lipinski definition) is 1. The molecule has 0 radical (unpaired) electrons. The predicted octanol–water partition coefficient (Wildman–Crippen LogP) is 5.02. The summed E-state index contributed by atoms with van der Waals surface area (Å²) in [6.45, 7) is 3.94. The van der Waals surface area contributed by atoms with Crippen molar-refractivity contribution < 1.29 is 26.7 Å². The first-order valence-electron chi connectivity index (χ1n) is 13.1. The summed E-state index contributed by atoms with van der Waals surface area (Å²) in [5, 5.41) is 6.62. The number of benzene rings is 2. The quantitative estimate of drug-likeness (QED) is 0.430. The van der Waals surface area contributed by atoms with Crippen LogP contribution in [0.15, 0.2) is 47.3 Å². The minimum absolute atomic E-state index is 0.0726. The van der Waals surface area contributed by atoms with Gasteiger partial charge in [-0.05, 0) is 42.7 Å². The van der Waals surface area contributed by atoms with Gasteiger partial charge in [-0.2, -0.15) is 23.0 Å².